The fourth-order valence-electron chi connectivity index (χ4n) is 3.22. The van der Waals surface area contributed by atoms with Crippen LogP contribution in [0, 0.1) is 13.8 Å². The molecule has 0 aliphatic rings. The highest BCUT2D eigenvalue weighted by atomic mass is 32.2. The van der Waals surface area contributed by atoms with E-state index in [-0.39, 0.29) is 17.3 Å². The number of nitrogens with zero attached hydrogens (tertiary/aromatic N) is 1. The average molecular weight is 469 g/mol. The SMILES string of the molecule is Cc1cccc(N(CC(=O)NCCSCc2ccccc2C)S(=O)(=O)c2ccccc2)c1. The Morgan fingerprint density at radius 3 is 2.38 bits per heavy atom. The smallest absolute Gasteiger partial charge is 0.264 e. The normalized spacial score (nSPS) is 11.2. The first kappa shape index (κ1) is 23.9. The molecule has 7 heteroatoms. The molecule has 3 aromatic carbocycles. The van der Waals surface area contributed by atoms with Crippen LogP contribution in [0.5, 0.6) is 0 Å². The standard InChI is InChI=1S/C25H28N2O3S2/c1-20-9-8-12-23(17-20)27(32(29,30)24-13-4-3-5-14-24)18-25(28)26-15-16-31-19-22-11-7-6-10-21(22)2/h3-14,17H,15-16,18-19H2,1-2H3,(H,26,28). The molecular weight excluding hydrogens is 440 g/mol. The number of amides is 1. The highest BCUT2D eigenvalue weighted by Gasteiger charge is 2.27. The lowest BCUT2D eigenvalue weighted by molar-refractivity contribution is -0.119. The number of rotatable bonds is 10. The van der Waals surface area contributed by atoms with E-state index in [9.17, 15) is 13.2 Å². The van der Waals surface area contributed by atoms with Crippen LogP contribution >= 0.6 is 11.8 Å². The molecule has 5 nitrogen and oxygen atoms in total. The predicted molar refractivity (Wildman–Crippen MR) is 133 cm³/mol. The molecule has 0 fully saturated rings. The van der Waals surface area contributed by atoms with E-state index in [1.54, 1.807) is 48.2 Å². The predicted octanol–water partition coefficient (Wildman–Crippen LogP) is 4.55. The van der Waals surface area contributed by atoms with Crippen LogP contribution in [0.2, 0.25) is 0 Å². The second kappa shape index (κ2) is 11.2. The summed E-state index contributed by atoms with van der Waals surface area (Å²) in [6, 6.07) is 23.6. The Hall–Kier alpha value is -2.77. The van der Waals surface area contributed by atoms with Crippen LogP contribution in [0.25, 0.3) is 0 Å². The van der Waals surface area contributed by atoms with Crippen molar-refractivity contribution in [1.29, 1.82) is 0 Å². The van der Waals surface area contributed by atoms with Crippen molar-refractivity contribution in [3.05, 3.63) is 95.6 Å². The molecule has 1 N–H and O–H groups in total. The van der Waals surface area contributed by atoms with E-state index in [1.165, 1.54) is 27.6 Å². The third-order valence-electron chi connectivity index (χ3n) is 5.00. The number of benzene rings is 3. The molecule has 0 aliphatic heterocycles. The number of sulfonamides is 1. The summed E-state index contributed by atoms with van der Waals surface area (Å²) >= 11 is 1.74. The van der Waals surface area contributed by atoms with Crippen molar-refractivity contribution in [3.63, 3.8) is 0 Å². The number of thioether (sulfide) groups is 1. The Balaban J connectivity index is 1.63. The second-order valence-corrected chi connectivity index (χ2v) is 10.5. The Labute approximate surface area is 194 Å². The van der Waals surface area contributed by atoms with Gasteiger partial charge in [0, 0.05) is 18.1 Å². The molecule has 0 saturated carbocycles. The topological polar surface area (TPSA) is 66.5 Å². The van der Waals surface area contributed by atoms with Gasteiger partial charge in [-0.1, -0.05) is 54.6 Å². The molecule has 0 spiro atoms. The van der Waals surface area contributed by atoms with E-state index < -0.39 is 10.0 Å². The summed E-state index contributed by atoms with van der Waals surface area (Å²) in [4.78, 5) is 12.8. The zero-order valence-electron chi connectivity index (χ0n) is 18.3. The maximum atomic E-state index is 13.3. The molecule has 0 aliphatic carbocycles. The summed E-state index contributed by atoms with van der Waals surface area (Å²) in [5.41, 5.74) is 3.93. The molecule has 1 amide bonds. The highest BCUT2D eigenvalue weighted by Crippen LogP contribution is 2.24. The molecule has 0 aromatic heterocycles. The van der Waals surface area contributed by atoms with Gasteiger partial charge in [-0.25, -0.2) is 8.42 Å². The fraction of sp³-hybridized carbons (Fsp3) is 0.240. The van der Waals surface area contributed by atoms with Gasteiger partial charge in [-0.15, -0.1) is 0 Å². The maximum absolute atomic E-state index is 13.3. The van der Waals surface area contributed by atoms with Crippen molar-refractivity contribution >= 4 is 33.4 Å². The summed E-state index contributed by atoms with van der Waals surface area (Å²) in [5.74, 6) is 1.29. The van der Waals surface area contributed by atoms with E-state index >= 15 is 0 Å². The first-order chi connectivity index (χ1) is 15.4. The number of nitrogens with one attached hydrogen (secondary N) is 1. The third-order valence-corrected chi connectivity index (χ3v) is 7.79. The molecule has 0 saturated heterocycles. The van der Waals surface area contributed by atoms with Crippen LogP contribution in [0.4, 0.5) is 5.69 Å². The number of hydrogen-bond donors (Lipinski definition) is 1. The lowest BCUT2D eigenvalue weighted by Crippen LogP contribution is -2.41. The Bertz CT molecular complexity index is 1150. The van der Waals surface area contributed by atoms with Gasteiger partial charge in [0.15, 0.2) is 0 Å². The van der Waals surface area contributed by atoms with Gasteiger partial charge in [0.05, 0.1) is 10.6 Å². The first-order valence-electron chi connectivity index (χ1n) is 10.4. The van der Waals surface area contributed by atoms with Gasteiger partial charge >= 0.3 is 0 Å². The zero-order chi connectivity index (χ0) is 23.0. The van der Waals surface area contributed by atoms with E-state index in [1.807, 2.05) is 25.1 Å². The largest absolute Gasteiger partial charge is 0.354 e. The Morgan fingerprint density at radius 1 is 0.938 bits per heavy atom. The van der Waals surface area contributed by atoms with E-state index in [0.29, 0.717) is 12.2 Å². The molecule has 168 valence electrons. The first-order valence-corrected chi connectivity index (χ1v) is 13.0. The monoisotopic (exact) mass is 468 g/mol. The van der Waals surface area contributed by atoms with Crippen LogP contribution in [0.15, 0.2) is 83.8 Å². The molecule has 3 rings (SSSR count). The van der Waals surface area contributed by atoms with Gasteiger partial charge < -0.3 is 5.32 Å². The molecular formula is C25H28N2O3S2. The minimum absolute atomic E-state index is 0.156. The minimum atomic E-state index is -3.87. The molecule has 0 unspecified atom stereocenters. The van der Waals surface area contributed by atoms with Gasteiger partial charge in [0.2, 0.25) is 5.91 Å². The van der Waals surface area contributed by atoms with Gasteiger partial charge in [-0.2, -0.15) is 11.8 Å². The molecule has 0 bridgehead atoms. The lowest BCUT2D eigenvalue weighted by atomic mass is 10.1. The summed E-state index contributed by atoms with van der Waals surface area (Å²) in [6.45, 7) is 4.18. The zero-order valence-corrected chi connectivity index (χ0v) is 20.0. The van der Waals surface area contributed by atoms with Gasteiger partial charge in [0.1, 0.15) is 6.54 Å². The van der Waals surface area contributed by atoms with Crippen molar-refractivity contribution in [2.24, 2.45) is 0 Å². The number of anilines is 1. The summed E-state index contributed by atoms with van der Waals surface area (Å²) in [5, 5.41) is 2.86. The van der Waals surface area contributed by atoms with Gasteiger partial charge in [-0.3, -0.25) is 9.10 Å². The van der Waals surface area contributed by atoms with Crippen molar-refractivity contribution in [3.8, 4) is 0 Å². The Morgan fingerprint density at radius 2 is 1.66 bits per heavy atom. The number of carbonyl (C=O) groups is 1. The molecule has 0 heterocycles. The summed E-state index contributed by atoms with van der Waals surface area (Å²) in [7, 11) is -3.87. The van der Waals surface area contributed by atoms with Crippen molar-refractivity contribution in [1.82, 2.24) is 5.32 Å². The molecule has 0 radical (unpaired) electrons. The number of carbonyl (C=O) groups excluding carboxylic acids is 1. The molecule has 32 heavy (non-hydrogen) atoms. The Kier molecular flexibility index (Phi) is 8.36. The average Bonchev–Trinajstić information content (AvgIpc) is 2.79. The third kappa shape index (κ3) is 6.37. The highest BCUT2D eigenvalue weighted by molar-refractivity contribution is 7.98. The molecule has 3 aromatic rings. The number of aryl methyl sites for hydroxylation is 2. The molecule has 0 atom stereocenters. The van der Waals surface area contributed by atoms with Crippen molar-refractivity contribution in [2.45, 2.75) is 24.5 Å². The minimum Gasteiger partial charge on any atom is -0.354 e. The van der Waals surface area contributed by atoms with Crippen molar-refractivity contribution in [2.75, 3.05) is 23.1 Å². The van der Waals surface area contributed by atoms with E-state index in [4.69, 9.17) is 0 Å². The van der Waals surface area contributed by atoms with Gasteiger partial charge in [-0.05, 0) is 54.8 Å². The van der Waals surface area contributed by atoms with Crippen LogP contribution < -0.4 is 9.62 Å². The van der Waals surface area contributed by atoms with E-state index in [2.05, 4.69) is 24.4 Å². The van der Waals surface area contributed by atoms with Crippen LogP contribution in [-0.2, 0) is 20.6 Å². The fourth-order valence-corrected chi connectivity index (χ4v) is 5.59. The summed E-state index contributed by atoms with van der Waals surface area (Å²) in [6.07, 6.45) is 0. The van der Waals surface area contributed by atoms with Crippen LogP contribution in [0.1, 0.15) is 16.7 Å². The van der Waals surface area contributed by atoms with Crippen LogP contribution in [-0.4, -0.2) is 33.2 Å². The quantitative estimate of drug-likeness (QED) is 0.444. The maximum Gasteiger partial charge on any atom is 0.264 e. The van der Waals surface area contributed by atoms with Crippen LogP contribution in [0.3, 0.4) is 0 Å². The van der Waals surface area contributed by atoms with Crippen molar-refractivity contribution < 1.29 is 13.2 Å². The second-order valence-electron chi connectivity index (χ2n) is 7.49. The van der Waals surface area contributed by atoms with Gasteiger partial charge in [0.25, 0.3) is 10.0 Å². The summed E-state index contributed by atoms with van der Waals surface area (Å²) < 4.78 is 27.7. The van der Waals surface area contributed by atoms with E-state index in [0.717, 1.165) is 17.1 Å². The number of hydrogen-bond acceptors (Lipinski definition) is 4. The lowest BCUT2D eigenvalue weighted by Gasteiger charge is -2.24.